The van der Waals surface area contributed by atoms with Gasteiger partial charge in [0.05, 0.1) is 5.25 Å². The summed E-state index contributed by atoms with van der Waals surface area (Å²) in [4.78, 5) is 25.3. The van der Waals surface area contributed by atoms with Gasteiger partial charge in [0.1, 0.15) is 0 Å². The van der Waals surface area contributed by atoms with Crippen LogP contribution in [0.25, 0.3) is 0 Å². The summed E-state index contributed by atoms with van der Waals surface area (Å²) in [6, 6.07) is 25.7. The average Bonchev–Trinajstić information content (AvgIpc) is 2.71. The number of benzene rings is 3. The smallest absolute Gasteiger partial charge is 0.323 e. The molecule has 0 saturated carbocycles. The largest absolute Gasteiger partial charge is 0.325 e. The molecular formula is C22H21N3O2S. The van der Waals surface area contributed by atoms with Crippen LogP contribution in [0, 0.1) is 0 Å². The Morgan fingerprint density at radius 1 is 0.679 bits per heavy atom. The molecule has 6 heteroatoms. The third-order valence-corrected chi connectivity index (χ3v) is 4.98. The third-order valence-electron chi connectivity index (χ3n) is 3.87. The SMILES string of the molecule is CC(Sc1ccc(NC(=O)Nc2ccccc2)cc1)C(=O)Nc1ccccc1. The molecule has 0 spiro atoms. The van der Waals surface area contributed by atoms with Crippen LogP contribution in [-0.4, -0.2) is 17.2 Å². The molecule has 0 aliphatic heterocycles. The van der Waals surface area contributed by atoms with E-state index in [1.807, 2.05) is 91.9 Å². The van der Waals surface area contributed by atoms with Gasteiger partial charge in [-0.1, -0.05) is 36.4 Å². The van der Waals surface area contributed by atoms with Gasteiger partial charge in [-0.15, -0.1) is 11.8 Å². The summed E-state index contributed by atoms with van der Waals surface area (Å²) in [6.45, 7) is 1.86. The van der Waals surface area contributed by atoms with Gasteiger partial charge in [0, 0.05) is 22.0 Å². The fraction of sp³-hybridized carbons (Fsp3) is 0.0909. The Kier molecular flexibility index (Phi) is 6.70. The van der Waals surface area contributed by atoms with E-state index in [4.69, 9.17) is 0 Å². The minimum atomic E-state index is -0.304. The lowest BCUT2D eigenvalue weighted by atomic mass is 10.3. The van der Waals surface area contributed by atoms with Crippen LogP contribution in [0.3, 0.4) is 0 Å². The molecule has 0 saturated heterocycles. The number of rotatable bonds is 6. The van der Waals surface area contributed by atoms with Crippen LogP contribution in [0.1, 0.15) is 6.92 Å². The normalized spacial score (nSPS) is 11.3. The summed E-state index contributed by atoms with van der Waals surface area (Å²) in [7, 11) is 0. The first-order valence-corrected chi connectivity index (χ1v) is 9.74. The summed E-state index contributed by atoms with van der Waals surface area (Å²) in [5.41, 5.74) is 2.19. The van der Waals surface area contributed by atoms with Crippen molar-refractivity contribution in [3.63, 3.8) is 0 Å². The van der Waals surface area contributed by atoms with E-state index < -0.39 is 0 Å². The molecule has 0 aliphatic carbocycles. The number of nitrogens with one attached hydrogen (secondary N) is 3. The summed E-state index contributed by atoms with van der Waals surface area (Å²) in [6.07, 6.45) is 0. The van der Waals surface area contributed by atoms with E-state index in [0.717, 1.165) is 16.3 Å². The zero-order chi connectivity index (χ0) is 19.8. The molecule has 142 valence electrons. The van der Waals surface area contributed by atoms with E-state index in [9.17, 15) is 9.59 Å². The lowest BCUT2D eigenvalue weighted by Gasteiger charge is -2.13. The van der Waals surface area contributed by atoms with E-state index in [0.29, 0.717) is 5.69 Å². The molecule has 5 nitrogen and oxygen atoms in total. The van der Waals surface area contributed by atoms with Gasteiger partial charge in [0.25, 0.3) is 0 Å². The zero-order valence-electron chi connectivity index (χ0n) is 15.4. The van der Waals surface area contributed by atoms with Gasteiger partial charge in [0.15, 0.2) is 0 Å². The Hall–Kier alpha value is -3.25. The number of thioether (sulfide) groups is 1. The van der Waals surface area contributed by atoms with E-state index in [1.54, 1.807) is 0 Å². The van der Waals surface area contributed by atoms with E-state index in [-0.39, 0.29) is 17.2 Å². The fourth-order valence-electron chi connectivity index (χ4n) is 2.45. The van der Waals surface area contributed by atoms with Crippen molar-refractivity contribution in [1.29, 1.82) is 0 Å². The summed E-state index contributed by atoms with van der Waals surface area (Å²) in [5.74, 6) is -0.0550. The van der Waals surface area contributed by atoms with Crippen molar-refractivity contribution in [3.05, 3.63) is 84.9 Å². The average molecular weight is 391 g/mol. The Labute approximate surface area is 168 Å². The maximum atomic E-state index is 12.3. The minimum absolute atomic E-state index is 0.0550. The maximum Gasteiger partial charge on any atom is 0.323 e. The maximum absolute atomic E-state index is 12.3. The fourth-order valence-corrected chi connectivity index (χ4v) is 3.32. The minimum Gasteiger partial charge on any atom is -0.325 e. The highest BCUT2D eigenvalue weighted by Gasteiger charge is 2.14. The monoisotopic (exact) mass is 391 g/mol. The highest BCUT2D eigenvalue weighted by molar-refractivity contribution is 8.00. The zero-order valence-corrected chi connectivity index (χ0v) is 16.2. The number of hydrogen-bond donors (Lipinski definition) is 3. The molecule has 3 aromatic rings. The van der Waals surface area contributed by atoms with Crippen molar-refractivity contribution in [2.24, 2.45) is 0 Å². The summed E-state index contributed by atoms with van der Waals surface area (Å²) in [5, 5.41) is 8.20. The second-order valence-corrected chi connectivity index (χ2v) is 7.50. The highest BCUT2D eigenvalue weighted by atomic mass is 32.2. The number of carbonyl (C=O) groups is 2. The van der Waals surface area contributed by atoms with Crippen LogP contribution in [0.5, 0.6) is 0 Å². The second kappa shape index (κ2) is 9.62. The molecule has 3 aromatic carbocycles. The van der Waals surface area contributed by atoms with Gasteiger partial charge in [-0.25, -0.2) is 4.79 Å². The number of amides is 3. The molecular weight excluding hydrogens is 370 g/mol. The van der Waals surface area contributed by atoms with Crippen molar-refractivity contribution in [2.45, 2.75) is 17.1 Å². The van der Waals surface area contributed by atoms with Crippen molar-refractivity contribution >= 4 is 40.8 Å². The van der Waals surface area contributed by atoms with Crippen LogP contribution in [0.4, 0.5) is 21.9 Å². The predicted molar refractivity (Wildman–Crippen MR) is 116 cm³/mol. The standard InChI is InChI=1S/C22H21N3O2S/c1-16(21(26)23-17-8-4-2-5-9-17)28-20-14-12-19(13-15-20)25-22(27)24-18-10-6-3-7-11-18/h2-16H,1H3,(H,23,26)(H2,24,25,27). The lowest BCUT2D eigenvalue weighted by Crippen LogP contribution is -2.22. The van der Waals surface area contributed by atoms with Crippen LogP contribution in [-0.2, 0) is 4.79 Å². The van der Waals surface area contributed by atoms with Crippen LogP contribution in [0.2, 0.25) is 0 Å². The quantitative estimate of drug-likeness (QED) is 0.489. The Bertz CT molecular complexity index is 916. The summed E-state index contributed by atoms with van der Waals surface area (Å²) < 4.78 is 0. The van der Waals surface area contributed by atoms with Crippen LogP contribution >= 0.6 is 11.8 Å². The van der Waals surface area contributed by atoms with Crippen LogP contribution < -0.4 is 16.0 Å². The van der Waals surface area contributed by atoms with Gasteiger partial charge < -0.3 is 16.0 Å². The molecule has 1 atom stereocenters. The number of para-hydroxylation sites is 2. The molecule has 0 radical (unpaired) electrons. The topological polar surface area (TPSA) is 70.2 Å². The number of carbonyl (C=O) groups excluding carboxylic acids is 2. The molecule has 1 unspecified atom stereocenters. The summed E-state index contributed by atoms with van der Waals surface area (Å²) >= 11 is 1.46. The first-order chi connectivity index (χ1) is 13.6. The Morgan fingerprint density at radius 2 is 1.14 bits per heavy atom. The molecule has 3 amide bonds. The van der Waals surface area contributed by atoms with Gasteiger partial charge in [-0.2, -0.15) is 0 Å². The highest BCUT2D eigenvalue weighted by Crippen LogP contribution is 2.25. The third kappa shape index (κ3) is 5.89. The van der Waals surface area contributed by atoms with Gasteiger partial charge in [-0.05, 0) is 55.5 Å². The molecule has 0 aliphatic rings. The van der Waals surface area contributed by atoms with Gasteiger partial charge in [-0.3, -0.25) is 4.79 Å². The van der Waals surface area contributed by atoms with Crippen LogP contribution in [0.15, 0.2) is 89.8 Å². The first-order valence-electron chi connectivity index (χ1n) is 8.86. The molecule has 3 N–H and O–H groups in total. The number of urea groups is 1. The van der Waals surface area contributed by atoms with Crippen molar-refractivity contribution in [2.75, 3.05) is 16.0 Å². The van der Waals surface area contributed by atoms with E-state index in [1.165, 1.54) is 11.8 Å². The van der Waals surface area contributed by atoms with Gasteiger partial charge >= 0.3 is 6.03 Å². The first kappa shape index (κ1) is 19.5. The van der Waals surface area contributed by atoms with Crippen molar-refractivity contribution < 1.29 is 9.59 Å². The van der Waals surface area contributed by atoms with E-state index >= 15 is 0 Å². The molecule has 0 aromatic heterocycles. The van der Waals surface area contributed by atoms with E-state index in [2.05, 4.69) is 16.0 Å². The molecule has 0 fully saturated rings. The Balaban J connectivity index is 1.51. The van der Waals surface area contributed by atoms with Crippen molar-refractivity contribution in [1.82, 2.24) is 0 Å². The molecule has 3 rings (SSSR count). The predicted octanol–water partition coefficient (Wildman–Crippen LogP) is 5.45. The van der Waals surface area contributed by atoms with Crippen molar-refractivity contribution in [3.8, 4) is 0 Å². The molecule has 0 bridgehead atoms. The Morgan fingerprint density at radius 3 is 1.68 bits per heavy atom. The molecule has 28 heavy (non-hydrogen) atoms. The number of hydrogen-bond acceptors (Lipinski definition) is 3. The second-order valence-electron chi connectivity index (χ2n) is 6.08. The molecule has 0 heterocycles. The van der Waals surface area contributed by atoms with Gasteiger partial charge in [0.2, 0.25) is 5.91 Å². The lowest BCUT2D eigenvalue weighted by molar-refractivity contribution is -0.115. The number of anilines is 3.